The highest BCUT2D eigenvalue weighted by Gasteiger charge is 2.21. The van der Waals surface area contributed by atoms with Gasteiger partial charge in [-0.25, -0.2) is 4.98 Å². The van der Waals surface area contributed by atoms with E-state index in [-0.39, 0.29) is 0 Å². The van der Waals surface area contributed by atoms with Gasteiger partial charge in [-0.3, -0.25) is 4.90 Å². The third kappa shape index (κ3) is 4.36. The molecule has 2 aromatic heterocycles. The summed E-state index contributed by atoms with van der Waals surface area (Å²) in [6.45, 7) is 9.27. The molecular formula is C16H23N3OS2. The lowest BCUT2D eigenvalue weighted by Gasteiger charge is -2.35. The number of thiazole rings is 1. The van der Waals surface area contributed by atoms with Crippen molar-refractivity contribution in [1.29, 1.82) is 0 Å². The van der Waals surface area contributed by atoms with Crippen molar-refractivity contribution in [3.8, 4) is 9.88 Å². The maximum Gasteiger partial charge on any atom is 0.133 e. The fourth-order valence-electron chi connectivity index (χ4n) is 2.82. The summed E-state index contributed by atoms with van der Waals surface area (Å²) in [6, 6.07) is 4.20. The number of morpholine rings is 1. The average Bonchev–Trinajstić information content (AvgIpc) is 3.13. The van der Waals surface area contributed by atoms with Crippen molar-refractivity contribution < 1.29 is 4.74 Å². The van der Waals surface area contributed by atoms with Crippen LogP contribution in [0.5, 0.6) is 0 Å². The molecule has 0 aliphatic carbocycles. The number of hydrogen-bond donors (Lipinski definition) is 1. The molecule has 1 aliphatic heterocycles. The molecule has 0 saturated carbocycles. The second-order valence-corrected chi connectivity index (χ2v) is 7.62. The predicted octanol–water partition coefficient (Wildman–Crippen LogP) is 3.07. The van der Waals surface area contributed by atoms with Gasteiger partial charge in [-0.1, -0.05) is 6.07 Å². The standard InChI is InChI=1S/C16H23N3OS2/c1-12-9-19(10-13(2)20-12)6-5-17-8-14-11-22-16(18-14)15-4-3-7-21-15/h3-4,7,11-13,17H,5-6,8-10H2,1-2H3/t12-,13-/m0/s1. The van der Waals surface area contributed by atoms with Crippen LogP contribution in [0.2, 0.25) is 0 Å². The molecule has 0 radical (unpaired) electrons. The van der Waals surface area contributed by atoms with E-state index < -0.39 is 0 Å². The van der Waals surface area contributed by atoms with E-state index in [2.05, 4.69) is 47.0 Å². The first-order valence-corrected chi connectivity index (χ1v) is 9.53. The number of rotatable bonds is 6. The molecule has 1 N–H and O–H groups in total. The molecule has 0 aromatic carbocycles. The van der Waals surface area contributed by atoms with Gasteiger partial charge in [0.1, 0.15) is 5.01 Å². The fourth-order valence-corrected chi connectivity index (χ4v) is 4.46. The molecule has 120 valence electrons. The van der Waals surface area contributed by atoms with Crippen molar-refractivity contribution in [1.82, 2.24) is 15.2 Å². The average molecular weight is 338 g/mol. The summed E-state index contributed by atoms with van der Waals surface area (Å²) in [4.78, 5) is 8.43. The SMILES string of the molecule is C[C@H]1CN(CCNCc2csc(-c3cccs3)n2)C[C@H](C)O1. The normalized spacial score (nSPS) is 23.0. The molecule has 1 fully saturated rings. The molecule has 0 unspecified atom stereocenters. The maximum absolute atomic E-state index is 5.76. The van der Waals surface area contributed by atoms with Gasteiger partial charge in [0.2, 0.25) is 0 Å². The molecule has 1 aliphatic rings. The van der Waals surface area contributed by atoms with E-state index in [1.54, 1.807) is 22.7 Å². The van der Waals surface area contributed by atoms with E-state index in [1.807, 2.05) is 0 Å². The summed E-state index contributed by atoms with van der Waals surface area (Å²) in [6.07, 6.45) is 0.686. The van der Waals surface area contributed by atoms with Gasteiger partial charge in [0.15, 0.2) is 0 Å². The van der Waals surface area contributed by atoms with Crippen LogP contribution in [0, 0.1) is 0 Å². The van der Waals surface area contributed by atoms with Gasteiger partial charge >= 0.3 is 0 Å². The first-order valence-electron chi connectivity index (χ1n) is 7.77. The third-order valence-corrected chi connectivity index (χ3v) is 5.62. The van der Waals surface area contributed by atoms with E-state index in [0.29, 0.717) is 12.2 Å². The van der Waals surface area contributed by atoms with E-state index >= 15 is 0 Å². The molecule has 2 atom stereocenters. The van der Waals surface area contributed by atoms with Crippen molar-refractivity contribution in [3.05, 3.63) is 28.6 Å². The Bertz CT molecular complexity index is 560. The van der Waals surface area contributed by atoms with Crippen LogP contribution in [0.4, 0.5) is 0 Å². The van der Waals surface area contributed by atoms with Crippen LogP contribution >= 0.6 is 22.7 Å². The Morgan fingerprint density at radius 2 is 2.14 bits per heavy atom. The summed E-state index contributed by atoms with van der Waals surface area (Å²) in [5, 5.41) is 8.88. The van der Waals surface area contributed by atoms with Crippen LogP contribution in [-0.2, 0) is 11.3 Å². The van der Waals surface area contributed by atoms with Crippen LogP contribution in [-0.4, -0.2) is 48.3 Å². The van der Waals surface area contributed by atoms with Gasteiger partial charge in [-0.05, 0) is 25.3 Å². The third-order valence-electron chi connectivity index (χ3n) is 3.69. The van der Waals surface area contributed by atoms with Crippen LogP contribution in [0.3, 0.4) is 0 Å². The first kappa shape index (κ1) is 16.1. The quantitative estimate of drug-likeness (QED) is 0.822. The second kappa shape index (κ2) is 7.66. The van der Waals surface area contributed by atoms with Crippen molar-refractivity contribution in [3.63, 3.8) is 0 Å². The number of ether oxygens (including phenoxy) is 1. The minimum atomic E-state index is 0.343. The fraction of sp³-hybridized carbons (Fsp3) is 0.562. The Kier molecular flexibility index (Phi) is 5.60. The topological polar surface area (TPSA) is 37.4 Å². The van der Waals surface area contributed by atoms with Crippen LogP contribution < -0.4 is 5.32 Å². The molecule has 4 nitrogen and oxygen atoms in total. The smallest absolute Gasteiger partial charge is 0.133 e. The summed E-state index contributed by atoms with van der Waals surface area (Å²) >= 11 is 3.47. The molecular weight excluding hydrogens is 314 g/mol. The molecule has 0 spiro atoms. The second-order valence-electron chi connectivity index (χ2n) is 5.81. The van der Waals surface area contributed by atoms with Crippen molar-refractivity contribution in [2.24, 2.45) is 0 Å². The Labute approximate surface area is 140 Å². The van der Waals surface area contributed by atoms with Gasteiger partial charge in [-0.15, -0.1) is 22.7 Å². The highest BCUT2D eigenvalue weighted by molar-refractivity contribution is 7.20. The Balaban J connectivity index is 1.40. The summed E-state index contributed by atoms with van der Waals surface area (Å²) < 4.78 is 5.76. The predicted molar refractivity (Wildman–Crippen MR) is 93.6 cm³/mol. The van der Waals surface area contributed by atoms with E-state index in [1.165, 1.54) is 4.88 Å². The molecule has 1 saturated heterocycles. The lowest BCUT2D eigenvalue weighted by atomic mass is 10.2. The van der Waals surface area contributed by atoms with Gasteiger partial charge in [-0.2, -0.15) is 0 Å². The largest absolute Gasteiger partial charge is 0.373 e. The van der Waals surface area contributed by atoms with E-state index in [4.69, 9.17) is 9.72 Å². The lowest BCUT2D eigenvalue weighted by molar-refractivity contribution is -0.0674. The Morgan fingerprint density at radius 3 is 2.86 bits per heavy atom. The Hall–Kier alpha value is -0.790. The number of thiophene rings is 1. The zero-order chi connectivity index (χ0) is 15.4. The van der Waals surface area contributed by atoms with E-state index in [0.717, 1.165) is 43.4 Å². The van der Waals surface area contributed by atoms with Gasteiger partial charge < -0.3 is 10.1 Å². The number of hydrogen-bond acceptors (Lipinski definition) is 6. The summed E-state index contributed by atoms with van der Waals surface area (Å²) in [7, 11) is 0. The van der Waals surface area contributed by atoms with Gasteiger partial charge in [0, 0.05) is 38.1 Å². The maximum atomic E-state index is 5.76. The van der Waals surface area contributed by atoms with Crippen molar-refractivity contribution >= 4 is 22.7 Å². The molecule has 3 heterocycles. The highest BCUT2D eigenvalue weighted by atomic mass is 32.1. The monoisotopic (exact) mass is 337 g/mol. The lowest BCUT2D eigenvalue weighted by Crippen LogP contribution is -2.47. The van der Waals surface area contributed by atoms with Crippen LogP contribution in [0.1, 0.15) is 19.5 Å². The first-order chi connectivity index (χ1) is 10.7. The van der Waals surface area contributed by atoms with Crippen molar-refractivity contribution in [2.75, 3.05) is 26.2 Å². The van der Waals surface area contributed by atoms with E-state index in [9.17, 15) is 0 Å². The number of aromatic nitrogens is 1. The zero-order valence-electron chi connectivity index (χ0n) is 13.1. The molecule has 6 heteroatoms. The summed E-state index contributed by atoms with van der Waals surface area (Å²) in [5.41, 5.74) is 1.14. The molecule has 3 rings (SSSR count). The molecule has 0 bridgehead atoms. The van der Waals surface area contributed by atoms with Crippen molar-refractivity contribution in [2.45, 2.75) is 32.6 Å². The van der Waals surface area contributed by atoms with Crippen LogP contribution in [0.25, 0.3) is 9.88 Å². The Morgan fingerprint density at radius 1 is 1.32 bits per heavy atom. The minimum absolute atomic E-state index is 0.343. The number of nitrogens with one attached hydrogen (secondary N) is 1. The van der Waals surface area contributed by atoms with Gasteiger partial charge in [0.05, 0.1) is 22.8 Å². The molecule has 2 aromatic rings. The zero-order valence-corrected chi connectivity index (χ0v) is 14.8. The van der Waals surface area contributed by atoms with Gasteiger partial charge in [0.25, 0.3) is 0 Å². The molecule has 0 amide bonds. The number of nitrogens with zero attached hydrogens (tertiary/aromatic N) is 2. The highest BCUT2D eigenvalue weighted by Crippen LogP contribution is 2.27. The minimum Gasteiger partial charge on any atom is -0.373 e. The molecule has 22 heavy (non-hydrogen) atoms. The summed E-state index contributed by atoms with van der Waals surface area (Å²) in [5.74, 6) is 0. The van der Waals surface area contributed by atoms with Crippen LogP contribution in [0.15, 0.2) is 22.9 Å².